The van der Waals surface area contributed by atoms with E-state index in [-0.39, 0.29) is 23.5 Å². The van der Waals surface area contributed by atoms with E-state index in [0.29, 0.717) is 5.75 Å². The Kier molecular flexibility index (Phi) is 7.82. The highest BCUT2D eigenvalue weighted by atomic mass is 32.2. The van der Waals surface area contributed by atoms with Gasteiger partial charge in [-0.15, -0.1) is 11.8 Å². The molecule has 2 rings (SSSR count). The number of carbonyl (C=O) groups excluding carboxylic acids is 2. The van der Waals surface area contributed by atoms with Gasteiger partial charge in [-0.2, -0.15) is 0 Å². The van der Waals surface area contributed by atoms with Gasteiger partial charge in [-0.3, -0.25) is 19.7 Å². The Morgan fingerprint density at radius 1 is 1.21 bits per heavy atom. The number of non-ortho nitro benzene ring substituents is 1. The lowest BCUT2D eigenvalue weighted by Gasteiger charge is -2.15. The molecule has 0 unspecified atom stereocenters. The van der Waals surface area contributed by atoms with Gasteiger partial charge in [-0.25, -0.2) is 0 Å². The van der Waals surface area contributed by atoms with Crippen LogP contribution >= 0.6 is 11.8 Å². The van der Waals surface area contributed by atoms with Crippen LogP contribution in [0.1, 0.15) is 13.3 Å². The van der Waals surface area contributed by atoms with Gasteiger partial charge >= 0.3 is 5.97 Å². The molecule has 0 radical (unpaired) electrons. The highest BCUT2D eigenvalue weighted by molar-refractivity contribution is 7.99. The largest absolute Gasteiger partial charge is 0.495 e. The van der Waals surface area contributed by atoms with Gasteiger partial charge in [0.15, 0.2) is 6.10 Å². The van der Waals surface area contributed by atoms with Gasteiger partial charge in [0.05, 0.1) is 24.1 Å². The molecular weight excluding hydrogens is 384 g/mol. The minimum Gasteiger partial charge on any atom is -0.495 e. The summed E-state index contributed by atoms with van der Waals surface area (Å²) in [5, 5.41) is 13.4. The van der Waals surface area contributed by atoms with Gasteiger partial charge < -0.3 is 14.8 Å². The topological polar surface area (TPSA) is 108 Å². The fourth-order valence-electron chi connectivity index (χ4n) is 2.22. The van der Waals surface area contributed by atoms with E-state index in [1.165, 1.54) is 44.0 Å². The van der Waals surface area contributed by atoms with Crippen molar-refractivity contribution in [1.29, 1.82) is 0 Å². The average Bonchev–Trinajstić information content (AvgIpc) is 2.68. The number of esters is 1. The third-order valence-electron chi connectivity index (χ3n) is 3.65. The molecule has 0 spiro atoms. The molecule has 1 atom stereocenters. The maximum absolute atomic E-state index is 12.3. The molecule has 0 saturated carbocycles. The van der Waals surface area contributed by atoms with Gasteiger partial charge in [0.25, 0.3) is 11.6 Å². The number of amides is 1. The fraction of sp³-hybridized carbons (Fsp3) is 0.263. The summed E-state index contributed by atoms with van der Waals surface area (Å²) in [7, 11) is 1.38. The number of carbonyl (C=O) groups is 2. The number of thioether (sulfide) groups is 1. The predicted octanol–water partition coefficient (Wildman–Crippen LogP) is 3.66. The van der Waals surface area contributed by atoms with Gasteiger partial charge in [0.2, 0.25) is 0 Å². The van der Waals surface area contributed by atoms with Gasteiger partial charge in [0.1, 0.15) is 5.75 Å². The molecule has 2 aromatic carbocycles. The molecule has 2 aromatic rings. The summed E-state index contributed by atoms with van der Waals surface area (Å²) >= 11 is 1.51. The Morgan fingerprint density at radius 3 is 2.57 bits per heavy atom. The number of benzene rings is 2. The van der Waals surface area contributed by atoms with Crippen LogP contribution in [-0.4, -0.2) is 35.8 Å². The number of nitro benzene ring substituents is 1. The molecule has 0 heterocycles. The molecule has 0 aliphatic rings. The number of hydrogen-bond acceptors (Lipinski definition) is 7. The van der Waals surface area contributed by atoms with E-state index in [4.69, 9.17) is 9.47 Å². The SMILES string of the molecule is COc1ccc([N+](=O)[O-])cc1NC(=O)[C@H](C)OC(=O)CCSc1ccccc1. The highest BCUT2D eigenvalue weighted by Gasteiger charge is 2.20. The molecule has 28 heavy (non-hydrogen) atoms. The molecule has 0 aromatic heterocycles. The van der Waals surface area contributed by atoms with E-state index in [2.05, 4.69) is 5.32 Å². The van der Waals surface area contributed by atoms with Gasteiger partial charge in [-0.05, 0) is 25.1 Å². The first kappa shape index (κ1) is 21.2. The number of ether oxygens (including phenoxy) is 2. The lowest BCUT2D eigenvalue weighted by Crippen LogP contribution is -2.30. The van der Waals surface area contributed by atoms with E-state index >= 15 is 0 Å². The molecule has 0 bridgehead atoms. The van der Waals surface area contributed by atoms with Crippen molar-refractivity contribution in [2.24, 2.45) is 0 Å². The molecule has 0 fully saturated rings. The van der Waals surface area contributed by atoms with E-state index in [9.17, 15) is 19.7 Å². The zero-order valence-corrected chi connectivity index (χ0v) is 16.2. The van der Waals surface area contributed by atoms with Crippen LogP contribution in [0.15, 0.2) is 53.4 Å². The van der Waals surface area contributed by atoms with Crippen LogP contribution < -0.4 is 10.1 Å². The van der Waals surface area contributed by atoms with E-state index in [0.717, 1.165) is 4.90 Å². The number of methoxy groups -OCH3 is 1. The van der Waals surface area contributed by atoms with Crippen LogP contribution in [-0.2, 0) is 14.3 Å². The van der Waals surface area contributed by atoms with Crippen molar-refractivity contribution in [2.75, 3.05) is 18.2 Å². The standard InChI is InChI=1S/C19H20N2O6S/c1-13(27-18(22)10-11-28-15-6-4-3-5-7-15)19(23)20-16-12-14(21(24)25)8-9-17(16)26-2/h3-9,12-13H,10-11H2,1-2H3,(H,20,23)/t13-/m0/s1. The van der Waals surface area contributed by atoms with Crippen molar-refractivity contribution in [3.63, 3.8) is 0 Å². The van der Waals surface area contributed by atoms with Crippen molar-refractivity contribution in [3.05, 3.63) is 58.6 Å². The maximum atomic E-state index is 12.3. The summed E-state index contributed by atoms with van der Waals surface area (Å²) in [6, 6.07) is 13.5. The Balaban J connectivity index is 1.87. The van der Waals surface area contributed by atoms with E-state index in [1.54, 1.807) is 0 Å². The molecule has 0 aliphatic carbocycles. The average molecular weight is 404 g/mol. The monoisotopic (exact) mass is 404 g/mol. The van der Waals surface area contributed by atoms with Crippen molar-refractivity contribution in [1.82, 2.24) is 0 Å². The van der Waals surface area contributed by atoms with Crippen LogP contribution in [0.5, 0.6) is 5.75 Å². The lowest BCUT2D eigenvalue weighted by atomic mass is 10.2. The quantitative estimate of drug-likeness (QED) is 0.294. The van der Waals surface area contributed by atoms with E-state index < -0.39 is 22.9 Å². The summed E-state index contributed by atoms with van der Waals surface area (Å²) in [5.74, 6) is -0.327. The lowest BCUT2D eigenvalue weighted by molar-refractivity contribution is -0.384. The minimum absolute atomic E-state index is 0.129. The van der Waals surface area contributed by atoms with Crippen LogP contribution in [0.4, 0.5) is 11.4 Å². The molecule has 0 saturated heterocycles. The Bertz CT molecular complexity index is 844. The van der Waals surface area contributed by atoms with E-state index in [1.807, 2.05) is 30.3 Å². The summed E-state index contributed by atoms with van der Waals surface area (Å²) in [6.45, 7) is 1.43. The number of anilines is 1. The zero-order valence-electron chi connectivity index (χ0n) is 15.4. The number of hydrogen-bond donors (Lipinski definition) is 1. The van der Waals surface area contributed by atoms with Crippen molar-refractivity contribution >= 4 is 35.0 Å². The van der Waals surface area contributed by atoms with Gasteiger partial charge in [-0.1, -0.05) is 18.2 Å². The smallest absolute Gasteiger partial charge is 0.307 e. The van der Waals surface area contributed by atoms with Crippen LogP contribution in [0.3, 0.4) is 0 Å². The zero-order chi connectivity index (χ0) is 20.5. The number of nitrogens with zero attached hydrogens (tertiary/aromatic N) is 1. The van der Waals surface area contributed by atoms with Crippen molar-refractivity contribution < 1.29 is 24.0 Å². The minimum atomic E-state index is -1.06. The highest BCUT2D eigenvalue weighted by Crippen LogP contribution is 2.29. The third-order valence-corrected chi connectivity index (χ3v) is 4.66. The first-order valence-corrected chi connectivity index (χ1v) is 9.40. The Hall–Kier alpha value is -3.07. The second-order valence-corrected chi connectivity index (χ2v) is 6.84. The van der Waals surface area contributed by atoms with Crippen molar-refractivity contribution in [2.45, 2.75) is 24.3 Å². The van der Waals surface area contributed by atoms with Crippen LogP contribution in [0.2, 0.25) is 0 Å². The number of nitro groups is 1. The summed E-state index contributed by atoms with van der Waals surface area (Å²) < 4.78 is 10.2. The first-order valence-electron chi connectivity index (χ1n) is 8.41. The second kappa shape index (κ2) is 10.3. The van der Waals surface area contributed by atoms with Crippen molar-refractivity contribution in [3.8, 4) is 5.75 Å². The molecular formula is C19H20N2O6S. The predicted molar refractivity (Wildman–Crippen MR) is 106 cm³/mol. The maximum Gasteiger partial charge on any atom is 0.307 e. The Labute approximate surface area is 166 Å². The van der Waals surface area contributed by atoms with Crippen LogP contribution in [0.25, 0.3) is 0 Å². The fourth-order valence-corrected chi connectivity index (χ4v) is 3.07. The molecule has 9 heteroatoms. The summed E-state index contributed by atoms with van der Waals surface area (Å²) in [6.07, 6.45) is -0.907. The Morgan fingerprint density at radius 2 is 1.93 bits per heavy atom. The molecule has 8 nitrogen and oxygen atoms in total. The number of nitrogens with one attached hydrogen (secondary N) is 1. The van der Waals surface area contributed by atoms with Crippen LogP contribution in [0, 0.1) is 10.1 Å². The van der Waals surface area contributed by atoms with Gasteiger partial charge in [0, 0.05) is 22.8 Å². The molecule has 148 valence electrons. The summed E-state index contributed by atoms with van der Waals surface area (Å²) in [4.78, 5) is 35.6. The second-order valence-electron chi connectivity index (χ2n) is 5.67. The summed E-state index contributed by atoms with van der Waals surface area (Å²) in [5.41, 5.74) is -0.0667. The number of rotatable bonds is 9. The molecule has 0 aliphatic heterocycles. The normalized spacial score (nSPS) is 11.4. The first-order chi connectivity index (χ1) is 13.4. The third kappa shape index (κ3) is 6.27. The molecule has 1 N–H and O–H groups in total. The molecule has 1 amide bonds.